The molecule has 2 amide bonds. The summed E-state index contributed by atoms with van der Waals surface area (Å²) in [6, 6.07) is 13.2. The average Bonchev–Trinajstić information content (AvgIpc) is 4.01. The molecule has 3 N–H and O–H groups in total. The average molecular weight is 680 g/mol. The Labute approximate surface area is 282 Å². The van der Waals surface area contributed by atoms with Crippen molar-refractivity contribution in [2.24, 2.45) is 12.8 Å². The molecule has 0 unspecified atom stereocenters. The molecule has 2 fully saturated rings. The number of ether oxygens (including phenoxy) is 2. The Kier molecular flexibility index (Phi) is 7.06. The number of nitrogens with two attached hydrogens (primary N) is 1. The Morgan fingerprint density at radius 1 is 1.10 bits per heavy atom. The predicted octanol–water partition coefficient (Wildman–Crippen LogP) is 4.86. The first kappa shape index (κ1) is 30.7. The Hall–Kier alpha value is -5.58. The van der Waals surface area contributed by atoms with Crippen molar-refractivity contribution in [3.63, 3.8) is 0 Å². The van der Waals surface area contributed by atoms with E-state index in [4.69, 9.17) is 26.8 Å². The summed E-state index contributed by atoms with van der Waals surface area (Å²) >= 11 is 6.36. The van der Waals surface area contributed by atoms with Gasteiger partial charge in [0.15, 0.2) is 5.82 Å². The normalized spacial score (nSPS) is 16.2. The van der Waals surface area contributed by atoms with Gasteiger partial charge in [-0.15, -0.1) is 0 Å². The Morgan fingerprint density at radius 3 is 2.47 bits per heavy atom. The second-order valence-corrected chi connectivity index (χ2v) is 13.1. The van der Waals surface area contributed by atoms with E-state index in [1.54, 1.807) is 43.4 Å². The van der Waals surface area contributed by atoms with Gasteiger partial charge in [0.05, 0.1) is 62.9 Å². The fraction of sp³-hybridized carbons (Fsp3) is 0.257. The van der Waals surface area contributed by atoms with Gasteiger partial charge in [0.1, 0.15) is 29.7 Å². The van der Waals surface area contributed by atoms with E-state index in [2.05, 4.69) is 21.4 Å². The molecule has 0 radical (unpaired) electrons. The summed E-state index contributed by atoms with van der Waals surface area (Å²) in [6.07, 6.45) is 4.53. The van der Waals surface area contributed by atoms with Crippen LogP contribution in [-0.4, -0.2) is 54.9 Å². The van der Waals surface area contributed by atoms with Crippen LogP contribution in [0.2, 0.25) is 5.02 Å². The van der Waals surface area contributed by atoms with Gasteiger partial charge in [-0.05, 0) is 55.5 Å². The lowest BCUT2D eigenvalue weighted by atomic mass is 9.95. The zero-order chi connectivity index (χ0) is 34.2. The molecule has 246 valence electrons. The van der Waals surface area contributed by atoms with Crippen molar-refractivity contribution in [3.05, 3.63) is 92.2 Å². The molecule has 5 aromatic rings. The summed E-state index contributed by atoms with van der Waals surface area (Å²) in [6.45, 7) is -0.142. The van der Waals surface area contributed by atoms with Crippen LogP contribution >= 0.6 is 11.6 Å². The molecule has 0 atom stereocenters. The molecule has 2 aromatic heterocycles. The highest BCUT2D eigenvalue weighted by Crippen LogP contribution is 2.44. The Balaban J connectivity index is 1.31. The highest BCUT2D eigenvalue weighted by molar-refractivity contribution is 6.31. The second kappa shape index (κ2) is 11.3. The third kappa shape index (κ3) is 5.20. The number of aromatic amines is 1. The third-order valence-corrected chi connectivity index (χ3v) is 9.40. The van der Waals surface area contributed by atoms with Crippen LogP contribution < -0.4 is 20.8 Å². The third-order valence-electron chi connectivity index (χ3n) is 9.13. The van der Waals surface area contributed by atoms with Crippen LogP contribution in [0.25, 0.3) is 33.2 Å². The number of imide groups is 1. The number of nitriles is 1. The minimum Gasteiger partial charge on any atom is -0.491 e. The highest BCUT2D eigenvalue weighted by Gasteiger charge is 2.40. The van der Waals surface area contributed by atoms with E-state index in [-0.39, 0.29) is 80.2 Å². The first-order valence-corrected chi connectivity index (χ1v) is 16.0. The van der Waals surface area contributed by atoms with Crippen molar-refractivity contribution in [1.29, 1.82) is 5.26 Å². The molecule has 2 saturated carbocycles. The molecule has 12 nitrogen and oxygen atoms in total. The van der Waals surface area contributed by atoms with Crippen LogP contribution in [0.3, 0.4) is 0 Å². The van der Waals surface area contributed by atoms with Crippen molar-refractivity contribution in [1.82, 2.24) is 24.9 Å². The number of hydrogen-bond donors (Lipinski definition) is 2. The number of amides is 2. The molecular weight excluding hydrogens is 653 g/mol. The number of aryl methyl sites for hydroxylation is 1. The van der Waals surface area contributed by atoms with Gasteiger partial charge in [0.2, 0.25) is 0 Å². The monoisotopic (exact) mass is 679 g/mol. The molecule has 0 bridgehead atoms. The van der Waals surface area contributed by atoms with Crippen LogP contribution in [0.5, 0.6) is 11.5 Å². The summed E-state index contributed by atoms with van der Waals surface area (Å²) in [4.78, 5) is 41.0. The maximum absolute atomic E-state index is 16.0. The van der Waals surface area contributed by atoms with E-state index in [1.165, 1.54) is 16.9 Å². The molecule has 14 heteroatoms. The van der Waals surface area contributed by atoms with Crippen LogP contribution in [0.4, 0.5) is 4.39 Å². The van der Waals surface area contributed by atoms with Gasteiger partial charge in [0.25, 0.3) is 17.4 Å². The van der Waals surface area contributed by atoms with Gasteiger partial charge < -0.3 is 15.2 Å². The molecule has 0 saturated heterocycles. The number of rotatable bonds is 9. The molecule has 2 aliphatic carbocycles. The Bertz CT molecular complexity index is 2320. The van der Waals surface area contributed by atoms with E-state index >= 15 is 4.39 Å². The molecule has 3 heterocycles. The Morgan fingerprint density at radius 2 is 1.82 bits per heavy atom. The smallest absolute Gasteiger partial charge is 0.275 e. The van der Waals surface area contributed by atoms with E-state index in [0.29, 0.717) is 11.1 Å². The number of fused-ring (bicyclic) bond motifs is 2. The number of nitrogens with one attached hydrogen (secondary N) is 1. The van der Waals surface area contributed by atoms with E-state index in [0.717, 1.165) is 30.6 Å². The fourth-order valence-electron chi connectivity index (χ4n) is 6.10. The molecule has 49 heavy (non-hydrogen) atoms. The fourth-order valence-corrected chi connectivity index (χ4v) is 6.29. The molecule has 3 aliphatic rings. The maximum atomic E-state index is 16.0. The molecule has 0 spiro atoms. The summed E-state index contributed by atoms with van der Waals surface area (Å²) in [5.74, 6) is -1.49. The molecule has 1 aliphatic heterocycles. The zero-order valence-corrected chi connectivity index (χ0v) is 26.8. The minimum absolute atomic E-state index is 0.0425. The zero-order valence-electron chi connectivity index (χ0n) is 26.0. The topological polar surface area (TPSA) is 169 Å². The minimum atomic E-state index is -0.827. The number of carbonyl (C=O) groups excluding carboxylic acids is 2. The van der Waals surface area contributed by atoms with Crippen molar-refractivity contribution in [2.75, 3.05) is 6.61 Å². The number of nitrogens with zero attached hydrogens (tertiary/aromatic N) is 5. The lowest BCUT2D eigenvalue weighted by Gasteiger charge is -2.18. The van der Waals surface area contributed by atoms with Crippen molar-refractivity contribution < 1.29 is 23.5 Å². The van der Waals surface area contributed by atoms with E-state index in [9.17, 15) is 19.6 Å². The van der Waals surface area contributed by atoms with Crippen LogP contribution in [0.15, 0.2) is 53.5 Å². The number of halogens is 2. The highest BCUT2D eigenvalue weighted by atomic mass is 35.5. The number of H-pyrrole nitrogens is 1. The number of carbonyl (C=O) groups is 2. The van der Waals surface area contributed by atoms with E-state index < -0.39 is 28.7 Å². The van der Waals surface area contributed by atoms with Crippen LogP contribution in [0.1, 0.15) is 57.7 Å². The first-order valence-electron chi connectivity index (χ1n) is 15.6. The van der Waals surface area contributed by atoms with Crippen molar-refractivity contribution in [3.8, 4) is 40.0 Å². The largest absolute Gasteiger partial charge is 0.491 e. The predicted molar refractivity (Wildman–Crippen MR) is 176 cm³/mol. The number of aromatic nitrogens is 4. The number of benzene rings is 3. The quantitative estimate of drug-likeness (QED) is 0.207. The van der Waals surface area contributed by atoms with Gasteiger partial charge in [-0.25, -0.2) is 9.49 Å². The maximum Gasteiger partial charge on any atom is 0.275 e. The molecule has 3 aromatic carbocycles. The first-order chi connectivity index (χ1) is 23.6. The lowest BCUT2D eigenvalue weighted by molar-refractivity contribution is 0.0640. The van der Waals surface area contributed by atoms with Gasteiger partial charge in [0, 0.05) is 24.1 Å². The lowest BCUT2D eigenvalue weighted by Crippen LogP contribution is -2.31. The van der Waals surface area contributed by atoms with Gasteiger partial charge >= 0.3 is 0 Å². The van der Waals surface area contributed by atoms with Crippen molar-refractivity contribution >= 4 is 34.2 Å². The summed E-state index contributed by atoms with van der Waals surface area (Å²) < 4.78 is 29.6. The van der Waals surface area contributed by atoms with Crippen molar-refractivity contribution in [2.45, 2.75) is 43.9 Å². The number of hydrogen-bond acceptors (Lipinski definition) is 9. The van der Waals surface area contributed by atoms with Crippen LogP contribution in [0, 0.1) is 17.1 Å². The molecular formula is C35H27ClFN7O5. The SMILES string of the molecule is Cn1ncc(-c2cc(OCC3(N)CC3)c3c(=O)[nH]nc(CN4C(=O)c5ccccc5C4=O)c3c2)c1-c1c(F)c(Cl)cc(OC2CC2)c1C#N. The summed E-state index contributed by atoms with van der Waals surface area (Å²) in [5.41, 5.74) is 6.86. The standard InChI is InChI=1S/C35H27ClFN7O5/c1-43-31(29-22(13-38)26(49-18-6-7-18)12-24(36)30(29)37)23(14-40-43)17-10-21-25(15-44-33(46)19-4-2-3-5-20(19)34(44)47)41-42-32(45)28(21)27(11-17)48-16-35(39)8-9-35/h2-5,10-12,14,18H,6-9,15-16,39H2,1H3,(H,42,45). The molecule has 8 rings (SSSR count). The summed E-state index contributed by atoms with van der Waals surface area (Å²) in [5, 5.41) is 21.6. The van der Waals surface area contributed by atoms with E-state index in [1.807, 2.05) is 0 Å². The van der Waals surface area contributed by atoms with Crippen LogP contribution in [-0.2, 0) is 13.6 Å². The van der Waals surface area contributed by atoms with Gasteiger partial charge in [-0.2, -0.15) is 15.5 Å². The van der Waals surface area contributed by atoms with Gasteiger partial charge in [-0.1, -0.05) is 23.7 Å². The second-order valence-electron chi connectivity index (χ2n) is 12.7. The summed E-state index contributed by atoms with van der Waals surface area (Å²) in [7, 11) is 1.60. The van der Waals surface area contributed by atoms with Gasteiger partial charge in [-0.3, -0.25) is 24.0 Å².